The number of nitrogens with zero attached hydrogens (tertiary/aromatic N) is 3. The summed E-state index contributed by atoms with van der Waals surface area (Å²) >= 11 is 0. The Bertz CT molecular complexity index is 741. The molecular formula is C18H28N6O4. The van der Waals surface area contributed by atoms with Gasteiger partial charge in [0.2, 0.25) is 5.96 Å². The first-order valence-electron chi connectivity index (χ1n) is 8.48. The van der Waals surface area contributed by atoms with Crippen molar-refractivity contribution in [3.05, 3.63) is 24.3 Å². The fourth-order valence-electron chi connectivity index (χ4n) is 1.87. The molecule has 28 heavy (non-hydrogen) atoms. The Hall–Kier alpha value is -3.30. The minimum absolute atomic E-state index is 0.135. The van der Waals surface area contributed by atoms with Crippen LogP contribution in [-0.2, 0) is 9.47 Å². The van der Waals surface area contributed by atoms with Crippen molar-refractivity contribution in [3.63, 3.8) is 0 Å². The van der Waals surface area contributed by atoms with Crippen LogP contribution >= 0.6 is 0 Å². The van der Waals surface area contributed by atoms with Gasteiger partial charge in [-0.3, -0.25) is 0 Å². The molecule has 0 atom stereocenters. The smallest absolute Gasteiger partial charge is 0.424 e. The molecule has 0 aliphatic rings. The Morgan fingerprint density at radius 1 is 0.857 bits per heavy atom. The first kappa shape index (κ1) is 22.7. The van der Waals surface area contributed by atoms with Gasteiger partial charge in [0.25, 0.3) is 0 Å². The van der Waals surface area contributed by atoms with Gasteiger partial charge in [0.1, 0.15) is 11.2 Å². The van der Waals surface area contributed by atoms with E-state index in [2.05, 4.69) is 9.98 Å². The van der Waals surface area contributed by atoms with Crippen LogP contribution in [0.3, 0.4) is 0 Å². The van der Waals surface area contributed by atoms with E-state index in [4.69, 9.17) is 26.7 Å². The van der Waals surface area contributed by atoms with Crippen LogP contribution < -0.4 is 22.1 Å². The minimum Gasteiger partial charge on any atom is -0.443 e. The summed E-state index contributed by atoms with van der Waals surface area (Å²) in [6, 6.07) is 6.06. The summed E-state index contributed by atoms with van der Waals surface area (Å²) in [6.07, 6.45) is -1.73. The summed E-state index contributed by atoms with van der Waals surface area (Å²) in [5.41, 5.74) is 15.1. The third-order valence-corrected chi connectivity index (χ3v) is 2.75. The van der Waals surface area contributed by atoms with E-state index in [1.165, 1.54) is 24.3 Å². The van der Waals surface area contributed by atoms with Crippen molar-refractivity contribution in [2.24, 2.45) is 27.2 Å². The van der Waals surface area contributed by atoms with Gasteiger partial charge in [0, 0.05) is 0 Å². The van der Waals surface area contributed by atoms with Gasteiger partial charge in [-0.05, 0) is 65.8 Å². The zero-order valence-corrected chi connectivity index (χ0v) is 17.0. The molecule has 0 bridgehead atoms. The normalized spacial score (nSPS) is 12.1. The van der Waals surface area contributed by atoms with Gasteiger partial charge in [-0.1, -0.05) is 0 Å². The standard InChI is InChI=1S/C18H28N6O4/c1-17(2,3)27-15(25)24(16(26)28-18(4,5)6)12-9-7-11(8-10-12)22-14(21)23-13(19)20/h7-10H,1-6H3,(H6,19,20,21,22,23). The van der Waals surface area contributed by atoms with Crippen LogP contribution in [0.5, 0.6) is 0 Å². The van der Waals surface area contributed by atoms with E-state index in [0.717, 1.165) is 4.90 Å². The molecule has 0 aromatic heterocycles. The number of aliphatic imine (C=N–C) groups is 2. The molecule has 6 N–H and O–H groups in total. The van der Waals surface area contributed by atoms with E-state index in [1.54, 1.807) is 41.5 Å². The topological polar surface area (TPSA) is 159 Å². The van der Waals surface area contributed by atoms with Crippen molar-refractivity contribution in [3.8, 4) is 0 Å². The summed E-state index contributed by atoms with van der Waals surface area (Å²) in [5.74, 6) is -0.359. The zero-order valence-electron chi connectivity index (χ0n) is 17.0. The molecule has 0 fully saturated rings. The number of carbonyl (C=O) groups is 2. The minimum atomic E-state index is -0.863. The third kappa shape index (κ3) is 7.94. The van der Waals surface area contributed by atoms with Crippen molar-refractivity contribution in [1.82, 2.24) is 0 Å². The largest absolute Gasteiger partial charge is 0.443 e. The van der Waals surface area contributed by atoms with E-state index in [9.17, 15) is 9.59 Å². The lowest BCUT2D eigenvalue weighted by molar-refractivity contribution is 0.0431. The predicted octanol–water partition coefficient (Wildman–Crippen LogP) is 2.58. The molecule has 0 heterocycles. The molecule has 0 spiro atoms. The number of imide groups is 1. The van der Waals surface area contributed by atoms with E-state index >= 15 is 0 Å². The lowest BCUT2D eigenvalue weighted by atomic mass is 10.2. The number of hydrogen-bond acceptors (Lipinski definition) is 5. The van der Waals surface area contributed by atoms with Crippen LogP contribution in [0.1, 0.15) is 41.5 Å². The van der Waals surface area contributed by atoms with Crippen LogP contribution in [0.2, 0.25) is 0 Å². The fourth-order valence-corrected chi connectivity index (χ4v) is 1.87. The van der Waals surface area contributed by atoms with Gasteiger partial charge in [0.05, 0.1) is 11.4 Å². The van der Waals surface area contributed by atoms with Gasteiger partial charge in [0.15, 0.2) is 5.96 Å². The van der Waals surface area contributed by atoms with Crippen molar-refractivity contribution in [2.45, 2.75) is 52.7 Å². The number of amides is 2. The Morgan fingerprint density at radius 2 is 1.29 bits per heavy atom. The second-order valence-electron chi connectivity index (χ2n) is 7.82. The highest BCUT2D eigenvalue weighted by Gasteiger charge is 2.32. The summed E-state index contributed by atoms with van der Waals surface area (Å²) in [7, 11) is 0. The maximum absolute atomic E-state index is 12.6. The highest BCUT2D eigenvalue weighted by atomic mass is 16.6. The van der Waals surface area contributed by atoms with E-state index < -0.39 is 23.4 Å². The lowest BCUT2D eigenvalue weighted by Crippen LogP contribution is -2.43. The van der Waals surface area contributed by atoms with Gasteiger partial charge >= 0.3 is 12.2 Å². The van der Waals surface area contributed by atoms with E-state index in [0.29, 0.717) is 5.69 Å². The molecule has 1 aromatic rings. The number of nitrogens with two attached hydrogens (primary N) is 3. The number of anilines is 1. The molecule has 1 aromatic carbocycles. The number of ether oxygens (including phenoxy) is 2. The van der Waals surface area contributed by atoms with Crippen LogP contribution in [0.4, 0.5) is 21.0 Å². The molecule has 154 valence electrons. The molecule has 0 unspecified atom stereocenters. The van der Waals surface area contributed by atoms with Crippen LogP contribution in [0.25, 0.3) is 0 Å². The number of carbonyl (C=O) groups excluding carboxylic acids is 2. The third-order valence-electron chi connectivity index (χ3n) is 2.75. The number of benzene rings is 1. The average Bonchev–Trinajstić information content (AvgIpc) is 2.44. The first-order chi connectivity index (χ1) is 12.7. The zero-order chi connectivity index (χ0) is 21.7. The molecule has 10 nitrogen and oxygen atoms in total. The molecule has 1 rings (SSSR count). The lowest BCUT2D eigenvalue weighted by Gasteiger charge is -2.28. The molecule has 0 saturated heterocycles. The van der Waals surface area contributed by atoms with Gasteiger partial charge in [-0.2, -0.15) is 9.89 Å². The second-order valence-corrected chi connectivity index (χ2v) is 7.82. The summed E-state index contributed by atoms with van der Waals surface area (Å²) in [5, 5.41) is 0. The van der Waals surface area contributed by atoms with Crippen molar-refractivity contribution in [2.75, 3.05) is 4.90 Å². The van der Waals surface area contributed by atoms with Gasteiger partial charge in [-0.15, -0.1) is 0 Å². The quantitative estimate of drug-likeness (QED) is 0.515. The Morgan fingerprint density at radius 3 is 1.64 bits per heavy atom. The molecule has 0 saturated carbocycles. The first-order valence-corrected chi connectivity index (χ1v) is 8.48. The summed E-state index contributed by atoms with van der Waals surface area (Å²) < 4.78 is 10.6. The molecule has 0 aliphatic carbocycles. The van der Waals surface area contributed by atoms with Crippen LogP contribution in [-0.4, -0.2) is 35.3 Å². The molecule has 2 amide bonds. The summed E-state index contributed by atoms with van der Waals surface area (Å²) in [6.45, 7) is 10.2. The maximum Gasteiger partial charge on any atom is 0.424 e. The number of hydrogen-bond donors (Lipinski definition) is 3. The molecule has 10 heteroatoms. The molecule has 0 radical (unpaired) electrons. The van der Waals surface area contributed by atoms with Crippen molar-refractivity contribution >= 4 is 35.5 Å². The predicted molar refractivity (Wildman–Crippen MR) is 108 cm³/mol. The van der Waals surface area contributed by atoms with E-state index in [1.807, 2.05) is 0 Å². The van der Waals surface area contributed by atoms with Crippen molar-refractivity contribution < 1.29 is 19.1 Å². The van der Waals surface area contributed by atoms with Crippen LogP contribution in [0.15, 0.2) is 34.3 Å². The highest BCUT2D eigenvalue weighted by Crippen LogP contribution is 2.24. The number of rotatable bonds is 2. The van der Waals surface area contributed by atoms with Gasteiger partial charge < -0.3 is 26.7 Å². The second kappa shape index (κ2) is 8.59. The molecule has 0 aliphatic heterocycles. The maximum atomic E-state index is 12.6. The molecular weight excluding hydrogens is 364 g/mol. The van der Waals surface area contributed by atoms with Crippen molar-refractivity contribution in [1.29, 1.82) is 0 Å². The SMILES string of the molecule is CC(C)(C)OC(=O)N(C(=O)OC(C)(C)C)c1ccc(N=C(N)N=C(N)N)cc1. The van der Waals surface area contributed by atoms with E-state index in [-0.39, 0.29) is 17.6 Å². The number of guanidine groups is 2. The Balaban J connectivity index is 3.21. The summed E-state index contributed by atoms with van der Waals surface area (Å²) in [4.78, 5) is 33.6. The Kier molecular flexibility index (Phi) is 6.98. The Labute approximate surface area is 164 Å². The van der Waals surface area contributed by atoms with Gasteiger partial charge in [-0.25, -0.2) is 14.6 Å². The van der Waals surface area contributed by atoms with Crippen LogP contribution in [0, 0.1) is 0 Å². The monoisotopic (exact) mass is 392 g/mol. The fraction of sp³-hybridized carbons (Fsp3) is 0.444. The average molecular weight is 392 g/mol. The highest BCUT2D eigenvalue weighted by molar-refractivity contribution is 6.09.